The average molecular weight is 460 g/mol. The van der Waals surface area contributed by atoms with Crippen molar-refractivity contribution in [3.05, 3.63) is 94.1 Å². The van der Waals surface area contributed by atoms with Crippen molar-refractivity contribution in [1.82, 2.24) is 19.6 Å². The molecule has 1 N–H and O–H groups in total. The number of nitrogens with one attached hydrogen (secondary N) is 1. The molecule has 0 radical (unpaired) electrons. The third kappa shape index (κ3) is 4.87. The molecule has 7 nitrogen and oxygen atoms in total. The van der Waals surface area contributed by atoms with Gasteiger partial charge in [-0.1, -0.05) is 41.4 Å². The summed E-state index contributed by atoms with van der Waals surface area (Å²) in [5.41, 5.74) is 0.596. The molecule has 0 aliphatic heterocycles. The average Bonchev–Trinajstić information content (AvgIpc) is 3.39. The maximum atomic E-state index is 14.0. The van der Waals surface area contributed by atoms with Gasteiger partial charge in [0.15, 0.2) is 12.5 Å². The maximum Gasteiger partial charge on any atom is 0.275 e. The molecule has 10 heteroatoms. The Kier molecular flexibility index (Phi) is 6.20. The summed E-state index contributed by atoms with van der Waals surface area (Å²) in [4.78, 5) is 12.7. The van der Waals surface area contributed by atoms with Crippen molar-refractivity contribution >= 4 is 34.9 Å². The van der Waals surface area contributed by atoms with E-state index >= 15 is 0 Å². The van der Waals surface area contributed by atoms with E-state index in [2.05, 4.69) is 15.5 Å². The second kappa shape index (κ2) is 9.20. The normalized spacial score (nSPS) is 10.8. The molecule has 0 saturated heterocycles. The van der Waals surface area contributed by atoms with E-state index in [0.717, 1.165) is 0 Å². The molecule has 1 amide bonds. The molecule has 158 valence electrons. The van der Waals surface area contributed by atoms with Gasteiger partial charge in [-0.2, -0.15) is 10.2 Å². The fraction of sp³-hybridized carbons (Fsp3) is 0.0952. The summed E-state index contributed by atoms with van der Waals surface area (Å²) < 4.78 is 22.5. The molecule has 31 heavy (non-hydrogen) atoms. The number of aromatic nitrogens is 4. The second-order valence-electron chi connectivity index (χ2n) is 6.47. The predicted octanol–water partition coefficient (Wildman–Crippen LogP) is 4.86. The Bertz CT molecular complexity index is 1200. The Morgan fingerprint density at radius 3 is 2.68 bits per heavy atom. The van der Waals surface area contributed by atoms with E-state index < -0.39 is 11.7 Å². The van der Waals surface area contributed by atoms with Crippen LogP contribution in [0.1, 0.15) is 16.1 Å². The number of amides is 1. The largest absolute Gasteiger partial charge is 0.470 e. The molecule has 4 aromatic rings. The Morgan fingerprint density at radius 1 is 1.06 bits per heavy atom. The van der Waals surface area contributed by atoms with Crippen molar-refractivity contribution in [2.45, 2.75) is 13.3 Å². The van der Waals surface area contributed by atoms with Gasteiger partial charge in [0, 0.05) is 29.0 Å². The van der Waals surface area contributed by atoms with Crippen molar-refractivity contribution in [3.63, 3.8) is 0 Å². The zero-order valence-electron chi connectivity index (χ0n) is 16.0. The number of carbonyl (C=O) groups is 1. The van der Waals surface area contributed by atoms with Gasteiger partial charge in [-0.15, -0.1) is 0 Å². The highest BCUT2D eigenvalue weighted by Gasteiger charge is 2.15. The number of benzene rings is 2. The highest BCUT2D eigenvalue weighted by molar-refractivity contribution is 6.32. The summed E-state index contributed by atoms with van der Waals surface area (Å²) in [6.45, 7) is 0.130. The number of hydrogen-bond donors (Lipinski definition) is 1. The van der Waals surface area contributed by atoms with Gasteiger partial charge in [-0.05, 0) is 30.3 Å². The minimum absolute atomic E-state index is 0.000287. The standard InChI is InChI=1S/C21H16Cl2FN5O2/c22-15-5-3-6-17(24)14(15)12-28-11-9-20(27-28)26-21(30)18-8-10-25-29(18)13-31-19-7-2-1-4-16(19)23/h1-11H,12-13H2,(H,26,27,30). The van der Waals surface area contributed by atoms with Crippen LogP contribution in [0.25, 0.3) is 0 Å². The molecule has 2 aromatic carbocycles. The lowest BCUT2D eigenvalue weighted by molar-refractivity contribution is 0.100. The molecular weight excluding hydrogens is 444 g/mol. The Balaban J connectivity index is 1.42. The Morgan fingerprint density at radius 2 is 1.87 bits per heavy atom. The van der Waals surface area contributed by atoms with Crippen molar-refractivity contribution < 1.29 is 13.9 Å². The van der Waals surface area contributed by atoms with E-state index in [-0.39, 0.29) is 19.0 Å². The predicted molar refractivity (Wildman–Crippen MR) is 115 cm³/mol. The number of para-hydroxylation sites is 1. The van der Waals surface area contributed by atoms with E-state index in [1.165, 1.54) is 27.7 Å². The molecule has 0 aliphatic carbocycles. The van der Waals surface area contributed by atoms with Crippen molar-refractivity contribution in [2.24, 2.45) is 0 Å². The van der Waals surface area contributed by atoms with Crippen LogP contribution < -0.4 is 10.1 Å². The van der Waals surface area contributed by atoms with Gasteiger partial charge in [0.2, 0.25) is 0 Å². The van der Waals surface area contributed by atoms with E-state index in [1.54, 1.807) is 48.7 Å². The van der Waals surface area contributed by atoms with Crippen LogP contribution in [0.5, 0.6) is 5.75 Å². The molecular formula is C21H16Cl2FN5O2. The van der Waals surface area contributed by atoms with E-state index in [1.807, 2.05) is 0 Å². The van der Waals surface area contributed by atoms with Gasteiger partial charge in [-0.25, -0.2) is 9.07 Å². The first kappa shape index (κ1) is 20.9. The van der Waals surface area contributed by atoms with Crippen molar-refractivity contribution in [2.75, 3.05) is 5.32 Å². The van der Waals surface area contributed by atoms with E-state index in [4.69, 9.17) is 27.9 Å². The summed E-state index contributed by atoms with van der Waals surface area (Å²) in [6.07, 6.45) is 3.11. The summed E-state index contributed by atoms with van der Waals surface area (Å²) in [5, 5.41) is 11.8. The molecule has 0 atom stereocenters. The zero-order valence-corrected chi connectivity index (χ0v) is 17.5. The van der Waals surface area contributed by atoms with Crippen LogP contribution in [0.4, 0.5) is 10.2 Å². The van der Waals surface area contributed by atoms with Crippen LogP contribution >= 0.6 is 23.2 Å². The fourth-order valence-corrected chi connectivity index (χ4v) is 3.28. The van der Waals surface area contributed by atoms with Gasteiger partial charge >= 0.3 is 0 Å². The van der Waals surface area contributed by atoms with Crippen molar-refractivity contribution in [1.29, 1.82) is 0 Å². The summed E-state index contributed by atoms with van der Waals surface area (Å²) in [6, 6.07) is 14.7. The summed E-state index contributed by atoms with van der Waals surface area (Å²) in [7, 11) is 0. The monoisotopic (exact) mass is 459 g/mol. The third-order valence-electron chi connectivity index (χ3n) is 4.39. The number of rotatable bonds is 7. The quantitative estimate of drug-likeness (QED) is 0.428. The molecule has 0 saturated carbocycles. The van der Waals surface area contributed by atoms with Crippen molar-refractivity contribution in [3.8, 4) is 5.75 Å². The van der Waals surface area contributed by atoms with Gasteiger partial charge in [0.1, 0.15) is 17.3 Å². The van der Waals surface area contributed by atoms with Crippen LogP contribution in [0, 0.1) is 5.82 Å². The first-order chi connectivity index (χ1) is 15.0. The van der Waals surface area contributed by atoms with Gasteiger partial charge in [0.05, 0.1) is 11.6 Å². The zero-order chi connectivity index (χ0) is 21.8. The molecule has 4 rings (SSSR count). The molecule has 0 spiro atoms. The molecule has 2 heterocycles. The number of nitrogens with zero attached hydrogens (tertiary/aromatic N) is 4. The second-order valence-corrected chi connectivity index (χ2v) is 7.29. The first-order valence-electron chi connectivity index (χ1n) is 9.18. The molecule has 2 aromatic heterocycles. The number of carbonyl (C=O) groups excluding carboxylic acids is 1. The van der Waals surface area contributed by atoms with Crippen LogP contribution in [0.2, 0.25) is 10.0 Å². The van der Waals surface area contributed by atoms with Gasteiger partial charge in [-0.3, -0.25) is 9.48 Å². The topological polar surface area (TPSA) is 74.0 Å². The maximum absolute atomic E-state index is 14.0. The lowest BCUT2D eigenvalue weighted by Gasteiger charge is -2.10. The van der Waals surface area contributed by atoms with Crippen LogP contribution in [-0.4, -0.2) is 25.5 Å². The number of hydrogen-bond acceptors (Lipinski definition) is 4. The Labute approximate surface area is 187 Å². The van der Waals surface area contributed by atoms with Gasteiger partial charge < -0.3 is 10.1 Å². The summed E-state index contributed by atoms with van der Waals surface area (Å²) in [5.74, 6) is -0.0563. The SMILES string of the molecule is O=C(Nc1ccn(Cc2c(F)cccc2Cl)n1)c1ccnn1COc1ccccc1Cl. The first-order valence-corrected chi connectivity index (χ1v) is 9.93. The number of anilines is 1. The minimum Gasteiger partial charge on any atom is -0.470 e. The minimum atomic E-state index is -0.422. The van der Waals surface area contributed by atoms with Crippen LogP contribution in [-0.2, 0) is 13.3 Å². The van der Waals surface area contributed by atoms with Crippen LogP contribution in [0.15, 0.2) is 67.0 Å². The highest BCUT2D eigenvalue weighted by atomic mass is 35.5. The highest BCUT2D eigenvalue weighted by Crippen LogP contribution is 2.23. The number of halogens is 3. The van der Waals surface area contributed by atoms with E-state index in [0.29, 0.717) is 27.2 Å². The lowest BCUT2D eigenvalue weighted by atomic mass is 10.2. The van der Waals surface area contributed by atoms with Crippen LogP contribution in [0.3, 0.4) is 0 Å². The molecule has 0 aliphatic rings. The third-order valence-corrected chi connectivity index (χ3v) is 5.06. The number of ether oxygens (including phenoxy) is 1. The molecule has 0 fully saturated rings. The van der Waals surface area contributed by atoms with E-state index in [9.17, 15) is 9.18 Å². The molecule has 0 unspecified atom stereocenters. The molecule has 0 bridgehead atoms. The van der Waals surface area contributed by atoms with Gasteiger partial charge in [0.25, 0.3) is 5.91 Å². The smallest absolute Gasteiger partial charge is 0.275 e. The Hall–Kier alpha value is -3.36. The fourth-order valence-electron chi connectivity index (χ4n) is 2.86. The lowest BCUT2D eigenvalue weighted by Crippen LogP contribution is -2.20. The summed E-state index contributed by atoms with van der Waals surface area (Å²) >= 11 is 12.1.